The second kappa shape index (κ2) is 9.12. The van der Waals surface area contributed by atoms with Crippen LogP contribution >= 0.6 is 23.1 Å². The summed E-state index contributed by atoms with van der Waals surface area (Å²) in [6.45, 7) is 3.03. The van der Waals surface area contributed by atoms with Crippen molar-refractivity contribution in [2.75, 3.05) is 36.8 Å². The fraction of sp³-hybridized carbons (Fsp3) is 0.192. The van der Waals surface area contributed by atoms with Gasteiger partial charge in [0, 0.05) is 31.9 Å². The third-order valence-corrected chi connectivity index (χ3v) is 8.08. The van der Waals surface area contributed by atoms with Crippen LogP contribution in [0.5, 0.6) is 0 Å². The Morgan fingerprint density at radius 2 is 1.53 bits per heavy atom. The molecular formula is C26H23N5OS2. The van der Waals surface area contributed by atoms with Crippen LogP contribution in [-0.4, -0.2) is 57.3 Å². The molecule has 3 aromatic carbocycles. The maximum absolute atomic E-state index is 13.1. The molecule has 0 aliphatic carbocycles. The van der Waals surface area contributed by atoms with Crippen molar-refractivity contribution in [3.05, 3.63) is 78.9 Å². The molecule has 2 aromatic heterocycles. The van der Waals surface area contributed by atoms with Gasteiger partial charge >= 0.3 is 0 Å². The normalized spacial score (nSPS) is 14.2. The molecule has 0 N–H and O–H groups in total. The molecule has 0 saturated carbocycles. The molecule has 1 saturated heterocycles. The predicted molar refractivity (Wildman–Crippen MR) is 140 cm³/mol. The zero-order chi connectivity index (χ0) is 22.9. The lowest BCUT2D eigenvalue weighted by Crippen LogP contribution is -2.49. The van der Waals surface area contributed by atoms with E-state index >= 15 is 0 Å². The van der Waals surface area contributed by atoms with E-state index in [0.29, 0.717) is 18.8 Å². The van der Waals surface area contributed by atoms with E-state index in [1.54, 1.807) is 11.3 Å². The Morgan fingerprint density at radius 1 is 0.824 bits per heavy atom. The van der Waals surface area contributed by atoms with Crippen molar-refractivity contribution in [1.29, 1.82) is 0 Å². The first-order valence-electron chi connectivity index (χ1n) is 11.3. The number of carbonyl (C=O) groups excluding carboxylic acids is 1. The van der Waals surface area contributed by atoms with E-state index in [2.05, 4.69) is 39.8 Å². The van der Waals surface area contributed by atoms with Crippen molar-refractivity contribution in [3.63, 3.8) is 0 Å². The second-order valence-corrected chi connectivity index (χ2v) is 10.1. The third kappa shape index (κ3) is 4.03. The van der Waals surface area contributed by atoms with E-state index in [1.807, 2.05) is 53.4 Å². The Balaban J connectivity index is 1.13. The van der Waals surface area contributed by atoms with Crippen molar-refractivity contribution in [1.82, 2.24) is 19.4 Å². The van der Waals surface area contributed by atoms with Crippen LogP contribution in [-0.2, 0) is 4.79 Å². The smallest absolute Gasteiger partial charge is 0.233 e. The molecule has 1 fully saturated rings. The Labute approximate surface area is 205 Å². The number of amides is 1. The number of nitrogens with zero attached hydrogens (tertiary/aromatic N) is 5. The molecule has 6 rings (SSSR count). The van der Waals surface area contributed by atoms with Crippen molar-refractivity contribution in [2.45, 2.75) is 5.16 Å². The molecule has 5 aromatic rings. The van der Waals surface area contributed by atoms with Gasteiger partial charge < -0.3 is 9.80 Å². The molecule has 0 atom stereocenters. The number of rotatable bonds is 5. The van der Waals surface area contributed by atoms with Crippen molar-refractivity contribution in [2.24, 2.45) is 0 Å². The number of aromatic nitrogens is 3. The number of para-hydroxylation sites is 4. The summed E-state index contributed by atoms with van der Waals surface area (Å²) in [5, 5.41) is 1.88. The molecule has 8 heteroatoms. The van der Waals surface area contributed by atoms with Crippen molar-refractivity contribution >= 4 is 55.4 Å². The maximum atomic E-state index is 13.1. The lowest BCUT2D eigenvalue weighted by Gasteiger charge is -2.34. The van der Waals surface area contributed by atoms with E-state index in [0.717, 1.165) is 45.6 Å². The molecule has 170 valence electrons. The third-order valence-electron chi connectivity index (χ3n) is 6.05. The van der Waals surface area contributed by atoms with Gasteiger partial charge in [0.05, 0.1) is 27.0 Å². The topological polar surface area (TPSA) is 54.3 Å². The minimum Gasteiger partial charge on any atom is -0.345 e. The van der Waals surface area contributed by atoms with Crippen LogP contribution in [0, 0.1) is 0 Å². The standard InChI is InChI=1S/C26H23N5OS2/c32-24(29-14-16-30(17-15-29)25-28-21-11-5-7-13-23(21)34-25)18-33-26-27-20-10-4-6-12-22(20)31(26)19-8-2-1-3-9-19/h1-13H,14-18H2. The van der Waals surface area contributed by atoms with Crippen molar-refractivity contribution in [3.8, 4) is 5.69 Å². The molecule has 1 aliphatic rings. The Bertz CT molecular complexity index is 1420. The molecule has 0 radical (unpaired) electrons. The summed E-state index contributed by atoms with van der Waals surface area (Å²) in [5.74, 6) is 0.526. The fourth-order valence-electron chi connectivity index (χ4n) is 4.29. The number of thiazole rings is 1. The average molecular weight is 486 g/mol. The van der Waals surface area contributed by atoms with Crippen LogP contribution in [0.25, 0.3) is 26.9 Å². The summed E-state index contributed by atoms with van der Waals surface area (Å²) in [4.78, 5) is 26.9. The average Bonchev–Trinajstić information content (AvgIpc) is 3.49. The van der Waals surface area contributed by atoms with Gasteiger partial charge in [-0.1, -0.05) is 65.6 Å². The summed E-state index contributed by atoms with van der Waals surface area (Å²) in [5.41, 5.74) is 4.08. The van der Waals surface area contributed by atoms with Crippen LogP contribution in [0.15, 0.2) is 84.0 Å². The van der Waals surface area contributed by atoms with Gasteiger partial charge in [0.25, 0.3) is 0 Å². The SMILES string of the molecule is O=C(CSc1nc2ccccc2n1-c1ccccc1)N1CCN(c2nc3ccccc3s2)CC1. The molecule has 1 amide bonds. The first kappa shape index (κ1) is 21.2. The van der Waals surface area contributed by atoms with Gasteiger partial charge in [-0.15, -0.1) is 0 Å². The number of thioether (sulfide) groups is 1. The van der Waals surface area contributed by atoms with Gasteiger partial charge in [-0.05, 0) is 36.4 Å². The minimum atomic E-state index is 0.153. The highest BCUT2D eigenvalue weighted by Crippen LogP contribution is 2.30. The lowest BCUT2D eigenvalue weighted by molar-refractivity contribution is -0.128. The predicted octanol–water partition coefficient (Wildman–Crippen LogP) is 5.08. The molecule has 3 heterocycles. The maximum Gasteiger partial charge on any atom is 0.233 e. The highest BCUT2D eigenvalue weighted by Gasteiger charge is 2.24. The zero-order valence-corrected chi connectivity index (χ0v) is 20.1. The Morgan fingerprint density at radius 3 is 2.32 bits per heavy atom. The van der Waals surface area contributed by atoms with Crippen LogP contribution in [0.3, 0.4) is 0 Å². The Hall–Kier alpha value is -3.36. The molecule has 0 bridgehead atoms. The number of hydrogen-bond donors (Lipinski definition) is 0. The number of imidazole rings is 1. The van der Waals surface area contributed by atoms with Crippen LogP contribution in [0.4, 0.5) is 5.13 Å². The fourth-order valence-corrected chi connectivity index (χ4v) is 6.24. The summed E-state index contributed by atoms with van der Waals surface area (Å²) in [6, 6.07) is 26.5. The van der Waals surface area contributed by atoms with E-state index in [4.69, 9.17) is 9.97 Å². The van der Waals surface area contributed by atoms with Crippen molar-refractivity contribution < 1.29 is 4.79 Å². The molecular weight excluding hydrogens is 462 g/mol. The monoisotopic (exact) mass is 485 g/mol. The summed E-state index contributed by atoms with van der Waals surface area (Å²) < 4.78 is 3.34. The van der Waals surface area contributed by atoms with Gasteiger partial charge in [0.2, 0.25) is 5.91 Å². The summed E-state index contributed by atoms with van der Waals surface area (Å²) in [6.07, 6.45) is 0. The summed E-state index contributed by atoms with van der Waals surface area (Å²) in [7, 11) is 0. The Kier molecular flexibility index (Phi) is 5.68. The molecule has 6 nitrogen and oxygen atoms in total. The first-order valence-corrected chi connectivity index (χ1v) is 13.1. The molecule has 34 heavy (non-hydrogen) atoms. The van der Waals surface area contributed by atoms with E-state index in [9.17, 15) is 4.79 Å². The van der Waals surface area contributed by atoms with Crippen LogP contribution in [0.1, 0.15) is 0 Å². The lowest BCUT2D eigenvalue weighted by atomic mass is 10.3. The van der Waals surface area contributed by atoms with E-state index < -0.39 is 0 Å². The molecule has 0 spiro atoms. The number of fused-ring (bicyclic) bond motifs is 2. The minimum absolute atomic E-state index is 0.153. The second-order valence-electron chi connectivity index (χ2n) is 8.17. The largest absolute Gasteiger partial charge is 0.345 e. The van der Waals surface area contributed by atoms with Crippen LogP contribution in [0.2, 0.25) is 0 Å². The zero-order valence-electron chi connectivity index (χ0n) is 18.5. The highest BCUT2D eigenvalue weighted by molar-refractivity contribution is 7.99. The number of piperazine rings is 1. The molecule has 0 unspecified atom stereocenters. The number of carbonyl (C=O) groups is 1. The van der Waals surface area contributed by atoms with Gasteiger partial charge in [0.1, 0.15) is 0 Å². The van der Waals surface area contributed by atoms with Gasteiger partial charge in [-0.25, -0.2) is 9.97 Å². The first-order chi connectivity index (χ1) is 16.8. The number of hydrogen-bond acceptors (Lipinski definition) is 6. The number of benzene rings is 3. The highest BCUT2D eigenvalue weighted by atomic mass is 32.2. The van der Waals surface area contributed by atoms with Crippen LogP contribution < -0.4 is 4.90 Å². The van der Waals surface area contributed by atoms with Gasteiger partial charge in [-0.2, -0.15) is 0 Å². The van der Waals surface area contributed by atoms with E-state index in [1.165, 1.54) is 16.5 Å². The number of anilines is 1. The van der Waals surface area contributed by atoms with Gasteiger partial charge in [-0.3, -0.25) is 9.36 Å². The molecule has 1 aliphatic heterocycles. The summed E-state index contributed by atoms with van der Waals surface area (Å²) >= 11 is 3.22. The van der Waals surface area contributed by atoms with E-state index in [-0.39, 0.29) is 5.91 Å². The van der Waals surface area contributed by atoms with Gasteiger partial charge in [0.15, 0.2) is 10.3 Å². The quantitative estimate of drug-likeness (QED) is 0.325.